The minimum absolute atomic E-state index is 0.429. The van der Waals surface area contributed by atoms with E-state index in [1.807, 2.05) is 11.3 Å². The van der Waals surface area contributed by atoms with Crippen LogP contribution in [0.1, 0.15) is 63.3 Å². The Labute approximate surface area is 111 Å². The number of hydrogen-bond acceptors (Lipinski definition) is 2. The van der Waals surface area contributed by atoms with E-state index in [9.17, 15) is 0 Å². The van der Waals surface area contributed by atoms with Crippen molar-refractivity contribution in [2.24, 2.45) is 5.41 Å². The van der Waals surface area contributed by atoms with Crippen molar-refractivity contribution < 1.29 is 0 Å². The SMILES string of the molecule is CCNC(CCC(C)(C)C)c1ccc(CC)s1. The van der Waals surface area contributed by atoms with Gasteiger partial charge in [-0.25, -0.2) is 0 Å². The van der Waals surface area contributed by atoms with E-state index in [-0.39, 0.29) is 0 Å². The fourth-order valence-corrected chi connectivity index (χ4v) is 3.00. The Hall–Kier alpha value is -0.340. The summed E-state index contributed by atoms with van der Waals surface area (Å²) >= 11 is 1.97. The summed E-state index contributed by atoms with van der Waals surface area (Å²) in [6, 6.07) is 5.13. The standard InChI is InChI=1S/C15H27NS/c1-6-12-8-9-14(17-12)13(16-7-2)10-11-15(3,4)5/h8-9,13,16H,6-7,10-11H2,1-5H3. The molecule has 0 aromatic carbocycles. The number of thiophene rings is 1. The van der Waals surface area contributed by atoms with Gasteiger partial charge in [-0.15, -0.1) is 11.3 Å². The van der Waals surface area contributed by atoms with Gasteiger partial charge in [-0.05, 0) is 43.4 Å². The molecule has 2 heteroatoms. The maximum atomic E-state index is 3.62. The lowest BCUT2D eigenvalue weighted by molar-refractivity contribution is 0.335. The molecule has 1 nitrogen and oxygen atoms in total. The van der Waals surface area contributed by atoms with Gasteiger partial charge in [-0.3, -0.25) is 0 Å². The lowest BCUT2D eigenvalue weighted by Crippen LogP contribution is -2.21. The molecular weight excluding hydrogens is 226 g/mol. The highest BCUT2D eigenvalue weighted by molar-refractivity contribution is 7.12. The molecule has 0 fully saturated rings. The first-order valence-corrected chi connectivity index (χ1v) is 7.60. The lowest BCUT2D eigenvalue weighted by atomic mass is 9.88. The predicted octanol–water partition coefficient (Wildman–Crippen LogP) is 4.79. The second-order valence-corrected chi connectivity index (χ2v) is 7.07. The summed E-state index contributed by atoms with van der Waals surface area (Å²) in [5, 5.41) is 3.62. The Morgan fingerprint density at radius 1 is 1.24 bits per heavy atom. The van der Waals surface area contributed by atoms with Gasteiger partial charge in [0.05, 0.1) is 0 Å². The Bertz CT molecular complexity index is 322. The van der Waals surface area contributed by atoms with E-state index in [0.29, 0.717) is 11.5 Å². The molecule has 1 rings (SSSR count). The van der Waals surface area contributed by atoms with E-state index >= 15 is 0 Å². The minimum Gasteiger partial charge on any atom is -0.310 e. The lowest BCUT2D eigenvalue weighted by Gasteiger charge is -2.23. The van der Waals surface area contributed by atoms with E-state index in [2.05, 4.69) is 52.1 Å². The van der Waals surface area contributed by atoms with Crippen LogP contribution in [-0.4, -0.2) is 6.54 Å². The van der Waals surface area contributed by atoms with Crippen LogP contribution in [0.4, 0.5) is 0 Å². The third-order valence-electron chi connectivity index (χ3n) is 3.01. The van der Waals surface area contributed by atoms with Gasteiger partial charge >= 0.3 is 0 Å². The molecule has 0 saturated heterocycles. The molecule has 0 saturated carbocycles. The maximum absolute atomic E-state index is 3.62. The van der Waals surface area contributed by atoms with Crippen LogP contribution in [0.3, 0.4) is 0 Å². The smallest absolute Gasteiger partial charge is 0.0414 e. The summed E-state index contributed by atoms with van der Waals surface area (Å²) in [5.41, 5.74) is 0.429. The molecule has 0 aliphatic heterocycles. The normalized spacial score (nSPS) is 13.9. The second kappa shape index (κ2) is 6.55. The first-order chi connectivity index (χ1) is 7.96. The van der Waals surface area contributed by atoms with E-state index in [1.54, 1.807) is 0 Å². The van der Waals surface area contributed by atoms with Crippen LogP contribution in [0.15, 0.2) is 12.1 Å². The molecule has 0 amide bonds. The number of aryl methyl sites for hydroxylation is 1. The van der Waals surface area contributed by atoms with Gasteiger partial charge in [0.25, 0.3) is 0 Å². The maximum Gasteiger partial charge on any atom is 0.0414 e. The van der Waals surface area contributed by atoms with Crippen LogP contribution in [0.5, 0.6) is 0 Å². The van der Waals surface area contributed by atoms with Gasteiger partial charge < -0.3 is 5.32 Å². The molecule has 1 N–H and O–H groups in total. The van der Waals surface area contributed by atoms with Crippen LogP contribution in [0, 0.1) is 5.41 Å². The molecule has 0 radical (unpaired) electrons. The van der Waals surface area contributed by atoms with Gasteiger partial charge in [-0.1, -0.05) is 34.6 Å². The summed E-state index contributed by atoms with van der Waals surface area (Å²) in [5.74, 6) is 0. The molecule has 0 aliphatic rings. The first kappa shape index (κ1) is 14.7. The van der Waals surface area contributed by atoms with Crippen LogP contribution in [0.2, 0.25) is 0 Å². The van der Waals surface area contributed by atoms with Crippen molar-refractivity contribution in [3.63, 3.8) is 0 Å². The van der Waals surface area contributed by atoms with Gasteiger partial charge in [0.15, 0.2) is 0 Å². The Morgan fingerprint density at radius 2 is 1.94 bits per heavy atom. The summed E-state index contributed by atoms with van der Waals surface area (Å²) in [4.78, 5) is 3.01. The van der Waals surface area contributed by atoms with Crippen LogP contribution in [-0.2, 0) is 6.42 Å². The zero-order valence-corrected chi connectivity index (χ0v) is 12.8. The average molecular weight is 253 g/mol. The number of rotatable bonds is 6. The summed E-state index contributed by atoms with van der Waals surface area (Å²) in [6.45, 7) is 12.4. The molecule has 1 aromatic heterocycles. The van der Waals surface area contributed by atoms with Crippen molar-refractivity contribution in [3.05, 3.63) is 21.9 Å². The highest BCUT2D eigenvalue weighted by Crippen LogP contribution is 2.31. The summed E-state index contributed by atoms with van der Waals surface area (Å²) < 4.78 is 0. The molecule has 1 unspecified atom stereocenters. The van der Waals surface area contributed by atoms with E-state index < -0.39 is 0 Å². The molecule has 0 aliphatic carbocycles. The van der Waals surface area contributed by atoms with Crippen LogP contribution >= 0.6 is 11.3 Å². The Morgan fingerprint density at radius 3 is 2.41 bits per heavy atom. The Kier molecular flexibility index (Phi) is 5.68. The van der Waals surface area contributed by atoms with E-state index in [1.165, 1.54) is 22.6 Å². The highest BCUT2D eigenvalue weighted by atomic mass is 32.1. The third kappa shape index (κ3) is 5.22. The first-order valence-electron chi connectivity index (χ1n) is 6.78. The van der Waals surface area contributed by atoms with Crippen molar-refractivity contribution in [3.8, 4) is 0 Å². The Balaban J connectivity index is 2.64. The fourth-order valence-electron chi connectivity index (χ4n) is 1.94. The zero-order valence-electron chi connectivity index (χ0n) is 12.0. The monoisotopic (exact) mass is 253 g/mol. The molecular formula is C15H27NS. The largest absolute Gasteiger partial charge is 0.310 e. The van der Waals surface area contributed by atoms with E-state index in [0.717, 1.165) is 13.0 Å². The van der Waals surface area contributed by atoms with E-state index in [4.69, 9.17) is 0 Å². The van der Waals surface area contributed by atoms with Crippen molar-refractivity contribution in [1.29, 1.82) is 0 Å². The quantitative estimate of drug-likeness (QED) is 0.769. The van der Waals surface area contributed by atoms with Crippen LogP contribution < -0.4 is 5.32 Å². The minimum atomic E-state index is 0.429. The average Bonchev–Trinajstić information content (AvgIpc) is 2.71. The molecule has 1 aromatic rings. The topological polar surface area (TPSA) is 12.0 Å². The molecule has 17 heavy (non-hydrogen) atoms. The van der Waals surface area contributed by atoms with Crippen molar-refractivity contribution >= 4 is 11.3 Å². The number of hydrogen-bond donors (Lipinski definition) is 1. The molecule has 98 valence electrons. The summed E-state index contributed by atoms with van der Waals surface area (Å²) in [7, 11) is 0. The van der Waals surface area contributed by atoms with Gasteiger partial charge in [0, 0.05) is 15.8 Å². The van der Waals surface area contributed by atoms with Gasteiger partial charge in [0.2, 0.25) is 0 Å². The predicted molar refractivity (Wildman–Crippen MR) is 78.8 cm³/mol. The highest BCUT2D eigenvalue weighted by Gasteiger charge is 2.17. The van der Waals surface area contributed by atoms with Crippen molar-refractivity contribution in [1.82, 2.24) is 5.32 Å². The fraction of sp³-hybridized carbons (Fsp3) is 0.733. The van der Waals surface area contributed by atoms with Crippen LogP contribution in [0.25, 0.3) is 0 Å². The molecule has 0 bridgehead atoms. The van der Waals surface area contributed by atoms with Gasteiger partial charge in [0.1, 0.15) is 0 Å². The summed E-state index contributed by atoms with van der Waals surface area (Å²) in [6.07, 6.45) is 3.66. The van der Waals surface area contributed by atoms with Crippen molar-refractivity contribution in [2.75, 3.05) is 6.54 Å². The third-order valence-corrected chi connectivity index (χ3v) is 4.35. The number of nitrogens with one attached hydrogen (secondary N) is 1. The van der Waals surface area contributed by atoms with Crippen molar-refractivity contribution in [2.45, 2.75) is 59.9 Å². The zero-order chi connectivity index (χ0) is 12.9. The second-order valence-electron chi connectivity index (χ2n) is 5.87. The molecule has 1 heterocycles. The molecule has 0 spiro atoms. The molecule has 1 atom stereocenters. The van der Waals surface area contributed by atoms with Gasteiger partial charge in [-0.2, -0.15) is 0 Å².